The van der Waals surface area contributed by atoms with E-state index in [1.165, 1.54) is 29.3 Å². The largest absolute Gasteiger partial charge is 0.473 e. The molecule has 5 heterocycles. The molecular formula is C18H22N4O. The molecule has 2 unspecified atom stereocenters. The number of aliphatic imine (C=N–C) groups is 1. The Kier molecular flexibility index (Phi) is 2.63. The molecule has 0 amide bonds. The van der Waals surface area contributed by atoms with Crippen molar-refractivity contribution < 1.29 is 4.74 Å². The number of hydrogen-bond donors (Lipinski definition) is 1. The number of hydrogen-bond acceptors (Lipinski definition) is 4. The molecule has 1 spiro atoms. The van der Waals surface area contributed by atoms with E-state index in [9.17, 15) is 0 Å². The zero-order valence-electron chi connectivity index (χ0n) is 13.4. The van der Waals surface area contributed by atoms with Crippen LogP contribution in [0.25, 0.3) is 10.9 Å². The molecular weight excluding hydrogens is 288 g/mol. The number of aromatic nitrogens is 1. The van der Waals surface area contributed by atoms with E-state index < -0.39 is 0 Å². The Morgan fingerprint density at radius 2 is 2.13 bits per heavy atom. The van der Waals surface area contributed by atoms with Gasteiger partial charge < -0.3 is 15.0 Å². The topological polar surface area (TPSA) is 55.8 Å². The van der Waals surface area contributed by atoms with Crippen molar-refractivity contribution in [3.05, 3.63) is 30.0 Å². The lowest BCUT2D eigenvalue weighted by molar-refractivity contribution is -0.129. The fraction of sp³-hybridized carbons (Fsp3) is 0.500. The third-order valence-corrected chi connectivity index (χ3v) is 6.07. The summed E-state index contributed by atoms with van der Waals surface area (Å²) >= 11 is 0. The summed E-state index contributed by atoms with van der Waals surface area (Å²) in [6, 6.07) is 6.47. The molecule has 2 N–H and O–H groups in total. The van der Waals surface area contributed by atoms with E-state index in [1.807, 2.05) is 6.07 Å². The van der Waals surface area contributed by atoms with E-state index in [0.29, 0.717) is 5.92 Å². The number of piperidine rings is 3. The Morgan fingerprint density at radius 1 is 1.30 bits per heavy atom. The number of benzene rings is 1. The molecule has 2 bridgehead atoms. The highest BCUT2D eigenvalue weighted by atomic mass is 16.5. The van der Waals surface area contributed by atoms with E-state index in [1.54, 1.807) is 6.40 Å². The van der Waals surface area contributed by atoms with Gasteiger partial charge in [-0.3, -0.25) is 9.89 Å². The van der Waals surface area contributed by atoms with Crippen LogP contribution in [0.15, 0.2) is 29.4 Å². The summed E-state index contributed by atoms with van der Waals surface area (Å²) < 4.78 is 8.40. The Hall–Kier alpha value is -2.01. The molecule has 5 heteroatoms. The van der Waals surface area contributed by atoms with E-state index >= 15 is 0 Å². The third-order valence-electron chi connectivity index (χ3n) is 6.07. The number of rotatable bonds is 1. The standard InChI is InChI=1S/C18H22N4O/c1-21-9-15(14-8-13(19)2-3-16(14)21)17-18(10-20-11-23-18)12-4-6-22(17)7-5-12/h2-3,8-9,11-12,17H,4-7,10,19H2,1H3. The van der Waals surface area contributed by atoms with Gasteiger partial charge in [-0.2, -0.15) is 0 Å². The zero-order chi connectivity index (χ0) is 15.6. The summed E-state index contributed by atoms with van der Waals surface area (Å²) in [5, 5.41) is 1.25. The Balaban J connectivity index is 1.72. The smallest absolute Gasteiger partial charge is 0.170 e. The predicted molar refractivity (Wildman–Crippen MR) is 91.5 cm³/mol. The molecule has 23 heavy (non-hydrogen) atoms. The maximum Gasteiger partial charge on any atom is 0.170 e. The number of aryl methyl sites for hydroxylation is 1. The Morgan fingerprint density at radius 3 is 2.87 bits per heavy atom. The molecule has 120 valence electrons. The van der Waals surface area contributed by atoms with Crippen LogP contribution in [0.2, 0.25) is 0 Å². The molecule has 0 aliphatic carbocycles. The second kappa shape index (κ2) is 4.51. The van der Waals surface area contributed by atoms with Gasteiger partial charge in [-0.25, -0.2) is 0 Å². The fourth-order valence-electron chi connectivity index (χ4n) is 5.03. The first kappa shape index (κ1) is 13.4. The number of fused-ring (bicyclic) bond motifs is 3. The van der Waals surface area contributed by atoms with Gasteiger partial charge >= 0.3 is 0 Å². The quantitative estimate of drug-likeness (QED) is 0.823. The average Bonchev–Trinajstić information content (AvgIpc) is 3.15. The van der Waals surface area contributed by atoms with Crippen molar-refractivity contribution in [1.29, 1.82) is 0 Å². The number of nitrogens with zero attached hydrogens (tertiary/aromatic N) is 3. The fourth-order valence-corrected chi connectivity index (χ4v) is 5.03. The van der Waals surface area contributed by atoms with Crippen LogP contribution in [-0.4, -0.2) is 41.1 Å². The van der Waals surface area contributed by atoms with Crippen molar-refractivity contribution in [2.45, 2.75) is 24.5 Å². The van der Waals surface area contributed by atoms with Crippen molar-refractivity contribution in [2.24, 2.45) is 18.0 Å². The zero-order valence-corrected chi connectivity index (χ0v) is 13.4. The van der Waals surface area contributed by atoms with E-state index in [4.69, 9.17) is 10.5 Å². The van der Waals surface area contributed by atoms with Crippen LogP contribution in [0.1, 0.15) is 24.4 Å². The molecule has 5 nitrogen and oxygen atoms in total. The minimum absolute atomic E-state index is 0.185. The minimum Gasteiger partial charge on any atom is -0.473 e. The lowest BCUT2D eigenvalue weighted by Gasteiger charge is -2.55. The van der Waals surface area contributed by atoms with Gasteiger partial charge in [0.25, 0.3) is 0 Å². The van der Waals surface area contributed by atoms with Gasteiger partial charge in [0.1, 0.15) is 0 Å². The van der Waals surface area contributed by atoms with Crippen LogP contribution in [0, 0.1) is 5.92 Å². The first-order chi connectivity index (χ1) is 11.2. The van der Waals surface area contributed by atoms with Crippen LogP contribution >= 0.6 is 0 Å². The van der Waals surface area contributed by atoms with Gasteiger partial charge in [0.15, 0.2) is 12.0 Å². The molecule has 1 aromatic heterocycles. The van der Waals surface area contributed by atoms with Gasteiger partial charge in [0.2, 0.25) is 0 Å². The number of ether oxygens (including phenoxy) is 1. The molecule has 3 fully saturated rings. The van der Waals surface area contributed by atoms with Gasteiger partial charge in [-0.05, 0) is 49.7 Å². The van der Waals surface area contributed by atoms with E-state index in [-0.39, 0.29) is 11.6 Å². The summed E-state index contributed by atoms with van der Waals surface area (Å²) in [6.07, 6.45) is 6.37. The minimum atomic E-state index is -0.185. The van der Waals surface area contributed by atoms with Gasteiger partial charge in [-0.15, -0.1) is 0 Å². The molecule has 1 aromatic carbocycles. The lowest BCUT2D eigenvalue weighted by Crippen LogP contribution is -2.62. The molecule has 0 radical (unpaired) electrons. The number of nitrogen functional groups attached to an aromatic ring is 1. The van der Waals surface area contributed by atoms with Crippen LogP contribution in [0.4, 0.5) is 5.69 Å². The summed E-state index contributed by atoms with van der Waals surface area (Å²) in [4.78, 5) is 7.04. The maximum absolute atomic E-state index is 6.20. The van der Waals surface area contributed by atoms with Crippen molar-refractivity contribution in [2.75, 3.05) is 25.4 Å². The first-order valence-corrected chi connectivity index (χ1v) is 8.44. The molecule has 0 saturated carbocycles. The van der Waals surface area contributed by atoms with Crippen molar-refractivity contribution >= 4 is 23.0 Å². The summed E-state index contributed by atoms with van der Waals surface area (Å²) in [6.45, 7) is 3.08. The van der Waals surface area contributed by atoms with Gasteiger partial charge in [0, 0.05) is 35.8 Å². The third kappa shape index (κ3) is 1.68. The normalized spacial score (nSPS) is 35.3. The maximum atomic E-state index is 6.20. The van der Waals surface area contributed by atoms with Crippen molar-refractivity contribution in [3.63, 3.8) is 0 Å². The second-order valence-corrected chi connectivity index (χ2v) is 7.20. The SMILES string of the molecule is Cn1cc(C2N3CCC(CC3)C23CN=CO3)c2cc(N)ccc21. The summed E-state index contributed by atoms with van der Waals surface area (Å²) in [5.41, 5.74) is 9.27. The molecule has 4 aliphatic heterocycles. The molecule has 4 aliphatic rings. The molecule has 3 saturated heterocycles. The van der Waals surface area contributed by atoms with Crippen LogP contribution in [0.5, 0.6) is 0 Å². The van der Waals surface area contributed by atoms with Crippen molar-refractivity contribution in [1.82, 2.24) is 9.47 Å². The number of anilines is 1. The molecule has 2 atom stereocenters. The van der Waals surface area contributed by atoms with Crippen molar-refractivity contribution in [3.8, 4) is 0 Å². The monoisotopic (exact) mass is 310 g/mol. The highest BCUT2D eigenvalue weighted by Gasteiger charge is 2.57. The van der Waals surface area contributed by atoms with E-state index in [2.05, 4.69) is 39.8 Å². The average molecular weight is 310 g/mol. The highest BCUT2D eigenvalue weighted by Crippen LogP contribution is 2.52. The second-order valence-electron chi connectivity index (χ2n) is 7.20. The summed E-state index contributed by atoms with van der Waals surface area (Å²) in [7, 11) is 2.11. The van der Waals surface area contributed by atoms with Crippen LogP contribution in [0.3, 0.4) is 0 Å². The predicted octanol–water partition coefficient (Wildman–Crippen LogP) is 2.32. The number of nitrogens with two attached hydrogens (primary N) is 1. The van der Waals surface area contributed by atoms with Crippen LogP contribution < -0.4 is 5.73 Å². The van der Waals surface area contributed by atoms with E-state index in [0.717, 1.165) is 25.3 Å². The van der Waals surface area contributed by atoms with Gasteiger partial charge in [0.05, 0.1) is 12.6 Å². The Bertz CT molecular complexity index is 793. The summed E-state index contributed by atoms with van der Waals surface area (Å²) in [5.74, 6) is 0.594. The molecule has 6 rings (SSSR count). The Labute approximate surface area is 135 Å². The lowest BCUT2D eigenvalue weighted by atomic mass is 9.68. The highest BCUT2D eigenvalue weighted by molar-refractivity contribution is 5.87. The first-order valence-electron chi connectivity index (χ1n) is 8.44. The molecule has 2 aromatic rings. The van der Waals surface area contributed by atoms with Crippen LogP contribution in [-0.2, 0) is 11.8 Å². The van der Waals surface area contributed by atoms with Gasteiger partial charge in [-0.1, -0.05) is 0 Å².